The van der Waals surface area contributed by atoms with Gasteiger partial charge in [0.2, 0.25) is 5.95 Å². The van der Waals surface area contributed by atoms with E-state index in [4.69, 9.17) is 0 Å². The second-order valence-electron chi connectivity index (χ2n) is 4.69. The van der Waals surface area contributed by atoms with Crippen LogP contribution in [0.25, 0.3) is 0 Å². The van der Waals surface area contributed by atoms with E-state index in [9.17, 15) is 13.2 Å². The van der Waals surface area contributed by atoms with Crippen molar-refractivity contribution < 1.29 is 13.2 Å². The van der Waals surface area contributed by atoms with E-state index in [-0.39, 0.29) is 0 Å². The summed E-state index contributed by atoms with van der Waals surface area (Å²) in [6, 6.07) is 0.751. The fraction of sp³-hybridized carbons (Fsp3) is 0.636. The van der Waals surface area contributed by atoms with Crippen LogP contribution in [-0.4, -0.2) is 35.1 Å². The van der Waals surface area contributed by atoms with Crippen molar-refractivity contribution in [3.8, 4) is 0 Å². The van der Waals surface area contributed by atoms with Gasteiger partial charge in [-0.2, -0.15) is 13.2 Å². The Balaban J connectivity index is 1.93. The average Bonchev–Trinajstić information content (AvgIpc) is 2.21. The van der Waals surface area contributed by atoms with Gasteiger partial charge in [0.25, 0.3) is 0 Å². The maximum atomic E-state index is 12.3. The fourth-order valence-corrected chi connectivity index (χ4v) is 1.85. The topological polar surface area (TPSA) is 41.0 Å². The molecule has 0 spiro atoms. The second-order valence-corrected chi connectivity index (χ2v) is 4.69. The number of halogens is 3. The number of nitrogens with one attached hydrogen (secondary N) is 1. The van der Waals surface area contributed by atoms with Crippen LogP contribution in [0.1, 0.15) is 19.4 Å². The Morgan fingerprint density at radius 3 is 2.28 bits per heavy atom. The lowest BCUT2D eigenvalue weighted by Gasteiger charge is -2.40. The van der Waals surface area contributed by atoms with Gasteiger partial charge in [-0.1, -0.05) is 13.8 Å². The van der Waals surface area contributed by atoms with Crippen molar-refractivity contribution in [1.29, 1.82) is 0 Å². The molecule has 1 N–H and O–H groups in total. The molecule has 0 aliphatic carbocycles. The highest BCUT2D eigenvalue weighted by Crippen LogP contribution is 2.28. The smallest absolute Gasteiger partial charge is 0.338 e. The van der Waals surface area contributed by atoms with Crippen LogP contribution >= 0.6 is 0 Å². The number of rotatable bonds is 3. The number of hydrogen-bond donors (Lipinski definition) is 1. The fourth-order valence-electron chi connectivity index (χ4n) is 1.85. The molecule has 1 aromatic rings. The van der Waals surface area contributed by atoms with Crippen molar-refractivity contribution in [2.24, 2.45) is 0 Å². The lowest BCUT2D eigenvalue weighted by Crippen LogP contribution is -2.60. The molecule has 0 bridgehead atoms. The number of aromatic nitrogens is 2. The van der Waals surface area contributed by atoms with Gasteiger partial charge < -0.3 is 10.2 Å². The van der Waals surface area contributed by atoms with E-state index in [1.54, 1.807) is 0 Å². The molecule has 1 fully saturated rings. The first kappa shape index (κ1) is 13.1. The zero-order chi connectivity index (χ0) is 13.3. The second kappa shape index (κ2) is 4.72. The summed E-state index contributed by atoms with van der Waals surface area (Å²) < 4.78 is 37.0. The molecule has 1 aliphatic heterocycles. The molecule has 0 atom stereocenters. The highest BCUT2D eigenvalue weighted by Gasteiger charge is 2.33. The van der Waals surface area contributed by atoms with Crippen molar-refractivity contribution in [2.75, 3.05) is 18.0 Å². The molecular formula is C11H15F3N4. The minimum Gasteiger partial charge on any atom is -0.338 e. The number of anilines is 1. The SMILES string of the molecule is CC(C)NC1CN(c2ncc(C(F)(F)F)cn2)C1. The Bertz CT molecular complexity index is 396. The highest BCUT2D eigenvalue weighted by atomic mass is 19.4. The molecule has 0 aromatic carbocycles. The van der Waals surface area contributed by atoms with Gasteiger partial charge in [-0.05, 0) is 0 Å². The zero-order valence-corrected chi connectivity index (χ0v) is 10.2. The predicted molar refractivity (Wildman–Crippen MR) is 61.3 cm³/mol. The predicted octanol–water partition coefficient (Wildman–Crippen LogP) is 1.68. The van der Waals surface area contributed by atoms with Crippen molar-refractivity contribution in [3.63, 3.8) is 0 Å². The lowest BCUT2D eigenvalue weighted by atomic mass is 10.1. The normalized spacial score (nSPS) is 17.1. The molecule has 0 unspecified atom stereocenters. The minimum absolute atomic E-state index is 0.352. The van der Waals surface area contributed by atoms with Gasteiger partial charge in [-0.25, -0.2) is 9.97 Å². The summed E-state index contributed by atoms with van der Waals surface area (Å²) in [5.41, 5.74) is -0.816. The quantitative estimate of drug-likeness (QED) is 0.897. The number of nitrogens with zero attached hydrogens (tertiary/aromatic N) is 3. The minimum atomic E-state index is -4.38. The zero-order valence-electron chi connectivity index (χ0n) is 10.2. The average molecular weight is 260 g/mol. The van der Waals surface area contributed by atoms with Gasteiger partial charge in [0.05, 0.1) is 5.56 Å². The summed E-state index contributed by atoms with van der Waals surface area (Å²) in [6.45, 7) is 5.56. The summed E-state index contributed by atoms with van der Waals surface area (Å²) in [5.74, 6) is 0.352. The lowest BCUT2D eigenvalue weighted by molar-refractivity contribution is -0.138. The molecule has 0 radical (unpaired) electrons. The Morgan fingerprint density at radius 2 is 1.83 bits per heavy atom. The van der Waals surface area contributed by atoms with Crippen molar-refractivity contribution in [3.05, 3.63) is 18.0 Å². The maximum absolute atomic E-state index is 12.3. The molecule has 0 saturated carbocycles. The van der Waals surface area contributed by atoms with E-state index in [1.807, 2.05) is 4.90 Å². The molecule has 1 saturated heterocycles. The molecule has 1 aromatic heterocycles. The molecule has 1 aliphatic rings. The number of hydrogen-bond acceptors (Lipinski definition) is 4. The van der Waals surface area contributed by atoms with Gasteiger partial charge in [-0.15, -0.1) is 0 Å². The van der Waals surface area contributed by atoms with Crippen LogP contribution in [0, 0.1) is 0 Å². The third-order valence-electron chi connectivity index (χ3n) is 2.70. The van der Waals surface area contributed by atoms with Crippen LogP contribution in [0.15, 0.2) is 12.4 Å². The summed E-state index contributed by atoms with van der Waals surface area (Å²) >= 11 is 0. The Morgan fingerprint density at radius 1 is 1.28 bits per heavy atom. The summed E-state index contributed by atoms with van der Waals surface area (Å²) in [5, 5.41) is 3.34. The molecule has 7 heteroatoms. The molecular weight excluding hydrogens is 245 g/mol. The number of alkyl halides is 3. The van der Waals surface area contributed by atoms with Crippen LogP contribution in [0.2, 0.25) is 0 Å². The molecule has 0 amide bonds. The van der Waals surface area contributed by atoms with Gasteiger partial charge in [-0.3, -0.25) is 0 Å². The first-order valence-electron chi connectivity index (χ1n) is 5.76. The largest absolute Gasteiger partial charge is 0.419 e. The standard InChI is InChI=1S/C11H15F3N4/c1-7(2)17-9-5-18(6-9)10-15-3-8(4-16-10)11(12,13)14/h3-4,7,9,17H,5-6H2,1-2H3. The van der Waals surface area contributed by atoms with Crippen molar-refractivity contribution in [1.82, 2.24) is 15.3 Å². The summed E-state index contributed by atoms with van der Waals surface area (Å²) in [6.07, 6.45) is -2.73. The Hall–Kier alpha value is -1.37. The van der Waals surface area contributed by atoms with Crippen LogP contribution in [0.3, 0.4) is 0 Å². The van der Waals surface area contributed by atoms with Crippen LogP contribution in [0.4, 0.5) is 19.1 Å². The highest BCUT2D eigenvalue weighted by molar-refractivity contribution is 5.35. The summed E-state index contributed by atoms with van der Waals surface area (Å²) in [7, 11) is 0. The third kappa shape index (κ3) is 2.90. The van der Waals surface area contributed by atoms with Gasteiger partial charge in [0.1, 0.15) is 0 Å². The van der Waals surface area contributed by atoms with E-state index in [0.29, 0.717) is 18.0 Å². The van der Waals surface area contributed by atoms with E-state index in [2.05, 4.69) is 29.1 Å². The van der Waals surface area contributed by atoms with Gasteiger partial charge >= 0.3 is 6.18 Å². The van der Waals surface area contributed by atoms with Crippen LogP contribution in [0.5, 0.6) is 0 Å². The van der Waals surface area contributed by atoms with Crippen molar-refractivity contribution >= 4 is 5.95 Å². The molecule has 100 valence electrons. The van der Waals surface area contributed by atoms with Gasteiger partial charge in [0, 0.05) is 37.6 Å². The molecule has 4 nitrogen and oxygen atoms in total. The first-order valence-corrected chi connectivity index (χ1v) is 5.76. The first-order chi connectivity index (χ1) is 8.36. The molecule has 2 heterocycles. The van der Waals surface area contributed by atoms with E-state index in [1.165, 1.54) is 0 Å². The van der Waals surface area contributed by atoms with E-state index < -0.39 is 11.7 Å². The maximum Gasteiger partial charge on any atom is 0.419 e. The third-order valence-corrected chi connectivity index (χ3v) is 2.70. The van der Waals surface area contributed by atoms with E-state index in [0.717, 1.165) is 25.5 Å². The molecule has 18 heavy (non-hydrogen) atoms. The van der Waals surface area contributed by atoms with E-state index >= 15 is 0 Å². The van der Waals surface area contributed by atoms with Gasteiger partial charge in [0.15, 0.2) is 0 Å². The monoisotopic (exact) mass is 260 g/mol. The van der Waals surface area contributed by atoms with Crippen LogP contribution in [-0.2, 0) is 6.18 Å². The Labute approximate surface area is 103 Å². The Kier molecular flexibility index (Phi) is 3.43. The van der Waals surface area contributed by atoms with Crippen molar-refractivity contribution in [2.45, 2.75) is 32.1 Å². The van der Waals surface area contributed by atoms with Crippen LogP contribution < -0.4 is 10.2 Å². The summed E-state index contributed by atoms with van der Waals surface area (Å²) in [4.78, 5) is 9.34. The molecule has 2 rings (SSSR count).